The van der Waals surface area contributed by atoms with Gasteiger partial charge >= 0.3 is 0 Å². The van der Waals surface area contributed by atoms with Crippen LogP contribution in [0.5, 0.6) is 0 Å². The first-order valence-corrected chi connectivity index (χ1v) is 1.58. The molecule has 0 aliphatic rings. The average molecular weight is 167 g/mol. The topological polar surface area (TPSA) is 15.8 Å². The molecule has 0 saturated heterocycles. The maximum absolute atomic E-state index is 2.86. The van der Waals surface area contributed by atoms with Crippen LogP contribution < -0.4 is 0 Å². The van der Waals surface area contributed by atoms with Crippen molar-refractivity contribution in [3.8, 4) is 0 Å². The van der Waals surface area contributed by atoms with Crippen LogP contribution >= 0.6 is 13.5 Å². The third kappa shape index (κ3) is 4.10. The molecule has 1 aromatic heterocycles. The fourth-order valence-electron chi connectivity index (χ4n) is 0.278. The summed E-state index contributed by atoms with van der Waals surface area (Å²) in [5, 5.41) is 0. The molecule has 0 aliphatic carbocycles. The Kier molecular flexibility index (Phi) is 9.18. The van der Waals surface area contributed by atoms with Crippen LogP contribution in [0.4, 0.5) is 0 Å². The van der Waals surface area contributed by atoms with Gasteiger partial charge in [-0.1, -0.05) is 0 Å². The molecular formula is C4H7NSZn. The Bertz CT molecular complexity index is 68.2. The predicted molar refractivity (Wildman–Crippen MR) is 31.2 cm³/mol. The average Bonchev–Trinajstić information content (AvgIpc) is 1.76. The molecule has 0 atom stereocenters. The van der Waals surface area contributed by atoms with Crippen molar-refractivity contribution >= 4 is 13.5 Å². The molecule has 7 heavy (non-hydrogen) atoms. The van der Waals surface area contributed by atoms with E-state index in [4.69, 9.17) is 0 Å². The van der Waals surface area contributed by atoms with Crippen molar-refractivity contribution < 1.29 is 19.5 Å². The summed E-state index contributed by atoms with van der Waals surface area (Å²) in [6.07, 6.45) is 3.75. The van der Waals surface area contributed by atoms with Gasteiger partial charge in [0.15, 0.2) is 0 Å². The molecule has 1 aromatic rings. The van der Waals surface area contributed by atoms with Gasteiger partial charge in [-0.2, -0.15) is 13.5 Å². The molecule has 0 fully saturated rings. The Balaban J connectivity index is 0. The van der Waals surface area contributed by atoms with Gasteiger partial charge in [-0.25, -0.2) is 0 Å². The van der Waals surface area contributed by atoms with Crippen LogP contribution in [0.2, 0.25) is 0 Å². The van der Waals surface area contributed by atoms with Gasteiger partial charge in [0.1, 0.15) is 0 Å². The van der Waals surface area contributed by atoms with E-state index in [0.717, 1.165) is 0 Å². The molecular weight excluding hydrogens is 160 g/mol. The van der Waals surface area contributed by atoms with Gasteiger partial charge in [-0.3, -0.25) is 0 Å². The molecule has 0 amide bonds. The number of aromatic nitrogens is 1. The van der Waals surface area contributed by atoms with E-state index in [-0.39, 0.29) is 33.0 Å². The largest absolute Gasteiger partial charge is 0.368 e. The maximum atomic E-state index is 2.86. The van der Waals surface area contributed by atoms with Crippen molar-refractivity contribution in [2.45, 2.75) is 0 Å². The normalized spacial score (nSPS) is 5.71. The summed E-state index contributed by atoms with van der Waals surface area (Å²) in [7, 11) is 0. The second-order valence-corrected chi connectivity index (χ2v) is 0.885. The summed E-state index contributed by atoms with van der Waals surface area (Å²) in [4.78, 5) is 2.86. The van der Waals surface area contributed by atoms with E-state index in [1.807, 2.05) is 24.5 Å². The van der Waals surface area contributed by atoms with Crippen LogP contribution in [-0.2, 0) is 19.5 Å². The van der Waals surface area contributed by atoms with E-state index in [9.17, 15) is 0 Å². The molecule has 0 radical (unpaired) electrons. The van der Waals surface area contributed by atoms with Gasteiger partial charge in [0.2, 0.25) is 0 Å². The monoisotopic (exact) mass is 165 g/mol. The third-order valence-corrected chi connectivity index (χ3v) is 0.496. The quantitative estimate of drug-likeness (QED) is 0.556. The van der Waals surface area contributed by atoms with Crippen molar-refractivity contribution in [3.05, 3.63) is 24.5 Å². The van der Waals surface area contributed by atoms with E-state index >= 15 is 0 Å². The Morgan fingerprint density at radius 1 is 1.00 bits per heavy atom. The van der Waals surface area contributed by atoms with Gasteiger partial charge in [0.25, 0.3) is 0 Å². The third-order valence-electron chi connectivity index (χ3n) is 0.496. The van der Waals surface area contributed by atoms with Gasteiger partial charge in [0.05, 0.1) is 0 Å². The Morgan fingerprint density at radius 3 is 1.57 bits per heavy atom. The number of hydrogen-bond acceptors (Lipinski definition) is 0. The Morgan fingerprint density at radius 2 is 1.43 bits per heavy atom. The first kappa shape index (κ1) is 10.3. The summed E-state index contributed by atoms with van der Waals surface area (Å²) >= 11 is 0. The van der Waals surface area contributed by atoms with Crippen molar-refractivity contribution in [1.82, 2.24) is 4.98 Å². The minimum atomic E-state index is 0. The molecule has 1 rings (SSSR count). The van der Waals surface area contributed by atoms with Crippen LogP contribution in [0.1, 0.15) is 0 Å². The molecule has 0 spiro atoms. The van der Waals surface area contributed by atoms with E-state index in [1.165, 1.54) is 0 Å². The minimum absolute atomic E-state index is 0. The van der Waals surface area contributed by atoms with Crippen molar-refractivity contribution in [2.24, 2.45) is 0 Å². The van der Waals surface area contributed by atoms with Crippen LogP contribution in [0.3, 0.4) is 0 Å². The molecule has 0 aromatic carbocycles. The number of aromatic amines is 1. The first-order chi connectivity index (χ1) is 2.50. The summed E-state index contributed by atoms with van der Waals surface area (Å²) in [5.74, 6) is 0. The van der Waals surface area contributed by atoms with Crippen molar-refractivity contribution in [2.75, 3.05) is 0 Å². The van der Waals surface area contributed by atoms with Crippen LogP contribution in [0.15, 0.2) is 24.5 Å². The minimum Gasteiger partial charge on any atom is -0.368 e. The molecule has 1 N–H and O–H groups in total. The molecule has 36 valence electrons. The molecule has 1 heterocycles. The van der Waals surface area contributed by atoms with Gasteiger partial charge < -0.3 is 4.98 Å². The number of rotatable bonds is 0. The van der Waals surface area contributed by atoms with Crippen LogP contribution in [0.25, 0.3) is 0 Å². The maximum Gasteiger partial charge on any atom is 0.000496 e. The van der Waals surface area contributed by atoms with E-state index < -0.39 is 0 Å². The standard InChI is InChI=1S/C4H5N.H2S.Zn/c1-2-4-5-3-1;;/h1-5H;1H2;. The summed E-state index contributed by atoms with van der Waals surface area (Å²) in [6.45, 7) is 0. The van der Waals surface area contributed by atoms with Gasteiger partial charge in [0, 0.05) is 31.9 Å². The first-order valence-electron chi connectivity index (χ1n) is 1.58. The van der Waals surface area contributed by atoms with Gasteiger partial charge in [-0.15, -0.1) is 0 Å². The zero-order valence-corrected chi connectivity index (χ0v) is 7.98. The van der Waals surface area contributed by atoms with Crippen LogP contribution in [-0.4, -0.2) is 4.98 Å². The molecule has 0 bridgehead atoms. The SMILES string of the molecule is S.[Zn].c1cc[nH]c1. The molecule has 3 heteroatoms. The number of hydrogen-bond donors (Lipinski definition) is 1. The zero-order chi connectivity index (χ0) is 3.54. The smallest absolute Gasteiger partial charge is 0.000496 e. The Hall–Kier alpha value is 0.253. The molecule has 0 unspecified atom stereocenters. The fraction of sp³-hybridized carbons (Fsp3) is 0. The molecule has 0 aliphatic heterocycles. The van der Waals surface area contributed by atoms with Crippen molar-refractivity contribution in [3.63, 3.8) is 0 Å². The van der Waals surface area contributed by atoms with E-state index in [2.05, 4.69) is 4.98 Å². The second kappa shape index (κ2) is 6.25. The molecule has 0 saturated carbocycles. The van der Waals surface area contributed by atoms with Gasteiger partial charge in [-0.05, 0) is 12.1 Å². The van der Waals surface area contributed by atoms with E-state index in [0.29, 0.717) is 0 Å². The summed E-state index contributed by atoms with van der Waals surface area (Å²) < 4.78 is 0. The predicted octanol–water partition coefficient (Wildman–Crippen LogP) is 1.12. The number of H-pyrrole nitrogens is 1. The van der Waals surface area contributed by atoms with Crippen LogP contribution in [0, 0.1) is 0 Å². The molecule has 1 nitrogen and oxygen atoms in total. The Labute approximate surface area is 62.7 Å². The number of nitrogens with one attached hydrogen (secondary N) is 1. The second-order valence-electron chi connectivity index (χ2n) is 0.885. The fourth-order valence-corrected chi connectivity index (χ4v) is 0.278. The van der Waals surface area contributed by atoms with E-state index in [1.54, 1.807) is 0 Å². The summed E-state index contributed by atoms with van der Waals surface area (Å²) in [5.41, 5.74) is 0. The zero-order valence-electron chi connectivity index (χ0n) is 4.02. The van der Waals surface area contributed by atoms with Crippen molar-refractivity contribution in [1.29, 1.82) is 0 Å². The summed E-state index contributed by atoms with van der Waals surface area (Å²) in [6, 6.07) is 3.89.